The van der Waals surface area contributed by atoms with Gasteiger partial charge >= 0.3 is 0 Å². The maximum absolute atomic E-state index is 12.5. The van der Waals surface area contributed by atoms with E-state index in [1.165, 1.54) is 6.08 Å². The van der Waals surface area contributed by atoms with Gasteiger partial charge in [-0.25, -0.2) is 0 Å². The molecule has 22 heavy (non-hydrogen) atoms. The summed E-state index contributed by atoms with van der Waals surface area (Å²) in [5.74, 6) is -3.78. The molecule has 1 aliphatic heterocycles. The van der Waals surface area contributed by atoms with Crippen LogP contribution < -0.4 is 0 Å². The Kier molecular flexibility index (Phi) is 3.83. The van der Waals surface area contributed by atoms with Crippen LogP contribution in [0.15, 0.2) is 22.7 Å². The normalized spacial score (nSPS) is 42.4. The lowest BCUT2D eigenvalue weighted by Gasteiger charge is -2.34. The predicted molar refractivity (Wildman–Crippen MR) is 85.3 cm³/mol. The lowest BCUT2D eigenvalue weighted by molar-refractivity contribution is -0.186. The van der Waals surface area contributed by atoms with Crippen LogP contribution in [0.25, 0.3) is 0 Å². The monoisotopic (exact) mass is 423 g/mol. The van der Waals surface area contributed by atoms with Crippen LogP contribution in [-0.4, -0.2) is 37.6 Å². The molecule has 0 N–H and O–H groups in total. The van der Waals surface area contributed by atoms with Gasteiger partial charge in [0.05, 0.1) is 28.5 Å². The molecule has 4 nitrogen and oxygen atoms in total. The Labute approximate surface area is 155 Å². The highest BCUT2D eigenvalue weighted by Crippen LogP contribution is 2.77. The van der Waals surface area contributed by atoms with E-state index in [2.05, 4.69) is 6.58 Å². The fourth-order valence-corrected chi connectivity index (χ4v) is 6.15. The number of hydrogen-bond acceptors (Lipinski definition) is 3. The van der Waals surface area contributed by atoms with Crippen LogP contribution in [0.3, 0.4) is 0 Å². The van der Waals surface area contributed by atoms with Crippen LogP contribution in [0.5, 0.6) is 0 Å². The number of carbonyl (C=O) groups excluding carboxylic acids is 2. The number of hydrogen-bond donors (Lipinski definition) is 0. The zero-order chi connectivity index (χ0) is 16.7. The van der Waals surface area contributed by atoms with Crippen molar-refractivity contribution >= 4 is 81.4 Å². The van der Waals surface area contributed by atoms with Crippen LogP contribution in [0.2, 0.25) is 0 Å². The largest absolute Gasteiger partial charge is 0.272 e. The first-order valence-electron chi connectivity index (χ1n) is 6.02. The molecule has 0 aromatic carbocycles. The molecule has 0 aromatic heterocycles. The number of nitrogens with zero attached hydrogens (tertiary/aromatic N) is 1. The van der Waals surface area contributed by atoms with E-state index in [1.54, 1.807) is 0 Å². The topological polar surface area (TPSA) is 46.6 Å². The summed E-state index contributed by atoms with van der Waals surface area (Å²) in [5, 5.41) is 0.320. The molecule has 3 aliphatic rings. The first kappa shape index (κ1) is 17.2. The highest BCUT2D eigenvalue weighted by molar-refractivity contribution is 6.66. The lowest BCUT2D eigenvalue weighted by atomic mass is 9.84. The molecule has 10 heteroatoms. The molecular weight excluding hydrogens is 419 g/mol. The number of alkyl halides is 4. The second-order valence-electron chi connectivity index (χ2n) is 5.14. The van der Waals surface area contributed by atoms with Crippen LogP contribution in [-0.2, 0) is 14.4 Å². The summed E-state index contributed by atoms with van der Waals surface area (Å²) in [6.45, 7) is 3.39. The average Bonchev–Trinajstić information content (AvgIpc) is 2.83. The Hall–Kier alpha value is 0.320. The Morgan fingerprint density at radius 3 is 1.82 bits per heavy atom. The van der Waals surface area contributed by atoms with Crippen LogP contribution in [0.4, 0.5) is 0 Å². The van der Waals surface area contributed by atoms with Crippen LogP contribution in [0.1, 0.15) is 0 Å². The first-order chi connectivity index (χ1) is 10.1. The van der Waals surface area contributed by atoms with E-state index in [1.807, 2.05) is 0 Å². The van der Waals surface area contributed by atoms with Crippen molar-refractivity contribution in [3.8, 4) is 0 Å². The van der Waals surface area contributed by atoms with E-state index < -0.39 is 37.7 Å². The molecule has 1 saturated heterocycles. The summed E-state index contributed by atoms with van der Waals surface area (Å²) < 4.78 is -1.93. The molecule has 2 amide bonds. The Morgan fingerprint density at radius 1 is 1.05 bits per heavy atom. The van der Waals surface area contributed by atoms with Crippen molar-refractivity contribution in [3.63, 3.8) is 0 Å². The highest BCUT2D eigenvalue weighted by atomic mass is 35.5. The van der Waals surface area contributed by atoms with Gasteiger partial charge in [-0.2, -0.15) is 5.06 Å². The summed E-state index contributed by atoms with van der Waals surface area (Å²) in [5.41, 5.74) is 0. The molecule has 0 aromatic rings. The van der Waals surface area contributed by atoms with Crippen molar-refractivity contribution in [1.29, 1.82) is 0 Å². The first-order valence-corrected chi connectivity index (χ1v) is 8.28. The molecule has 2 bridgehead atoms. The SMILES string of the molecule is C=CCON1C(=O)[C@@H]2[C@@H](C1=O)[C@]1(Cl)C(Cl)=C(Cl)[C@]2(Cl)C1(Cl)Cl. The smallest absolute Gasteiger partial charge is 0.259 e. The van der Waals surface area contributed by atoms with Crippen molar-refractivity contribution in [2.24, 2.45) is 11.8 Å². The van der Waals surface area contributed by atoms with E-state index in [0.717, 1.165) is 0 Å². The zero-order valence-corrected chi connectivity index (χ0v) is 15.1. The van der Waals surface area contributed by atoms with Crippen molar-refractivity contribution < 1.29 is 14.4 Å². The molecule has 0 radical (unpaired) electrons. The fourth-order valence-electron chi connectivity index (χ4n) is 3.22. The van der Waals surface area contributed by atoms with Crippen molar-refractivity contribution in [3.05, 3.63) is 22.7 Å². The van der Waals surface area contributed by atoms with Gasteiger partial charge < -0.3 is 0 Å². The van der Waals surface area contributed by atoms with Gasteiger partial charge in [0.1, 0.15) is 9.75 Å². The standard InChI is InChI=1S/C12H7Cl6NO3/c1-2-3-22-19-8(20)4-5(9(19)21)11(16)7(14)6(13)10(4,15)12(11,17)18/h2,4-5H,1,3H2/t4-,5-,10-,11-/m0/s1. The molecule has 2 fully saturated rings. The molecule has 1 saturated carbocycles. The van der Waals surface area contributed by atoms with Gasteiger partial charge in [-0.3, -0.25) is 14.4 Å². The summed E-state index contributed by atoms with van der Waals surface area (Å²) >= 11 is 37.8. The lowest BCUT2D eigenvalue weighted by Crippen LogP contribution is -2.50. The summed E-state index contributed by atoms with van der Waals surface area (Å²) in [6.07, 6.45) is 1.38. The Morgan fingerprint density at radius 2 is 1.45 bits per heavy atom. The maximum Gasteiger partial charge on any atom is 0.259 e. The molecule has 0 spiro atoms. The van der Waals surface area contributed by atoms with Crippen molar-refractivity contribution in [2.45, 2.75) is 14.1 Å². The third-order valence-electron chi connectivity index (χ3n) is 4.19. The number of fused-ring (bicyclic) bond motifs is 5. The highest BCUT2D eigenvalue weighted by Gasteiger charge is 2.87. The van der Waals surface area contributed by atoms with E-state index in [9.17, 15) is 9.59 Å². The maximum atomic E-state index is 12.5. The third kappa shape index (κ3) is 1.53. The molecule has 1 heterocycles. The molecular formula is C12H7Cl6NO3. The minimum Gasteiger partial charge on any atom is -0.272 e. The second kappa shape index (κ2) is 4.92. The number of halogens is 6. The van der Waals surface area contributed by atoms with Gasteiger partial charge in [0.25, 0.3) is 11.8 Å². The minimum atomic E-state index is -1.93. The second-order valence-corrected chi connectivity index (χ2v) is 8.41. The number of hydroxylamine groups is 2. The Balaban J connectivity index is 2.17. The number of amides is 2. The molecule has 4 atom stereocenters. The fraction of sp³-hybridized carbons (Fsp3) is 0.500. The quantitative estimate of drug-likeness (QED) is 0.394. The Bertz CT molecular complexity index is 603. The summed E-state index contributed by atoms with van der Waals surface area (Å²) in [7, 11) is 0. The average molecular weight is 426 g/mol. The molecule has 3 rings (SSSR count). The van der Waals surface area contributed by atoms with Gasteiger partial charge in [0.15, 0.2) is 4.33 Å². The van der Waals surface area contributed by atoms with Crippen LogP contribution in [0, 0.1) is 11.8 Å². The van der Waals surface area contributed by atoms with Gasteiger partial charge in [0.2, 0.25) is 0 Å². The van der Waals surface area contributed by atoms with E-state index in [0.29, 0.717) is 5.06 Å². The molecule has 2 aliphatic carbocycles. The minimum absolute atomic E-state index is 0.0523. The number of carbonyl (C=O) groups is 2. The van der Waals surface area contributed by atoms with Crippen molar-refractivity contribution in [2.75, 3.05) is 6.61 Å². The van der Waals surface area contributed by atoms with Gasteiger partial charge in [-0.05, 0) is 0 Å². The molecule has 120 valence electrons. The third-order valence-corrected chi connectivity index (χ3v) is 8.45. The van der Waals surface area contributed by atoms with Crippen LogP contribution >= 0.6 is 69.6 Å². The van der Waals surface area contributed by atoms with Gasteiger partial charge in [0, 0.05) is 0 Å². The van der Waals surface area contributed by atoms with E-state index in [-0.39, 0.29) is 16.7 Å². The van der Waals surface area contributed by atoms with E-state index >= 15 is 0 Å². The van der Waals surface area contributed by atoms with Crippen molar-refractivity contribution in [1.82, 2.24) is 5.06 Å². The summed E-state index contributed by atoms with van der Waals surface area (Å²) in [4.78, 5) is 26.5. The number of allylic oxidation sites excluding steroid dienone is 2. The number of rotatable bonds is 3. The summed E-state index contributed by atoms with van der Waals surface area (Å²) in [6, 6.07) is 0. The zero-order valence-electron chi connectivity index (χ0n) is 10.6. The molecule has 0 unspecified atom stereocenters. The van der Waals surface area contributed by atoms with E-state index in [4.69, 9.17) is 74.4 Å². The predicted octanol–water partition coefficient (Wildman–Crippen LogP) is 3.55. The number of imide groups is 1. The van der Waals surface area contributed by atoms with Gasteiger partial charge in [-0.15, -0.1) is 29.8 Å². The van der Waals surface area contributed by atoms with Gasteiger partial charge in [-0.1, -0.05) is 52.5 Å².